The number of hydrogen-bond acceptors (Lipinski definition) is 2. The Bertz CT molecular complexity index is 764. The number of rotatable bonds is 4. The zero-order valence-electron chi connectivity index (χ0n) is 15.0. The molecule has 2 fully saturated rings. The fraction of sp³-hybridized carbons (Fsp3) is 0.409. The predicted molar refractivity (Wildman–Crippen MR) is 105 cm³/mol. The molecule has 0 N–H and O–H groups in total. The average Bonchev–Trinajstić information content (AvgIpc) is 3.47. The van der Waals surface area contributed by atoms with Crippen LogP contribution < -0.4 is 0 Å². The van der Waals surface area contributed by atoms with E-state index >= 15 is 0 Å². The highest BCUT2D eigenvalue weighted by Gasteiger charge is 2.46. The zero-order chi connectivity index (χ0) is 17.9. The van der Waals surface area contributed by atoms with Crippen molar-refractivity contribution in [2.75, 3.05) is 26.2 Å². The van der Waals surface area contributed by atoms with Crippen LogP contribution >= 0.6 is 11.6 Å². The zero-order valence-corrected chi connectivity index (χ0v) is 15.7. The molecule has 1 aliphatic carbocycles. The van der Waals surface area contributed by atoms with E-state index in [1.54, 1.807) is 0 Å². The van der Waals surface area contributed by atoms with Crippen LogP contribution in [0.15, 0.2) is 54.6 Å². The molecule has 0 spiro atoms. The van der Waals surface area contributed by atoms with Gasteiger partial charge in [0.15, 0.2) is 0 Å². The van der Waals surface area contributed by atoms with Crippen molar-refractivity contribution < 1.29 is 4.79 Å². The normalized spacial score (nSPS) is 23.5. The predicted octanol–water partition coefficient (Wildman–Crippen LogP) is 4.18. The minimum Gasteiger partial charge on any atom is -0.341 e. The molecule has 2 aromatic carbocycles. The van der Waals surface area contributed by atoms with Crippen molar-refractivity contribution in [3.8, 4) is 0 Å². The van der Waals surface area contributed by atoms with Crippen molar-refractivity contribution in [2.45, 2.75) is 25.3 Å². The van der Waals surface area contributed by atoms with Crippen LogP contribution in [0.3, 0.4) is 0 Å². The summed E-state index contributed by atoms with van der Waals surface area (Å²) in [6.07, 6.45) is 1.98. The maximum atomic E-state index is 12.9. The van der Waals surface area contributed by atoms with E-state index in [0.717, 1.165) is 56.2 Å². The summed E-state index contributed by atoms with van der Waals surface area (Å²) in [7, 11) is 0. The Kier molecular flexibility index (Phi) is 5.28. The van der Waals surface area contributed by atoms with E-state index in [2.05, 4.69) is 46.2 Å². The van der Waals surface area contributed by atoms with Crippen LogP contribution in [0.5, 0.6) is 0 Å². The Hall–Kier alpha value is -1.84. The first-order chi connectivity index (χ1) is 12.7. The number of amides is 1. The Morgan fingerprint density at radius 3 is 2.54 bits per heavy atom. The molecule has 136 valence electrons. The van der Waals surface area contributed by atoms with Gasteiger partial charge in [0.1, 0.15) is 0 Å². The second-order valence-electron chi connectivity index (χ2n) is 7.41. The van der Waals surface area contributed by atoms with Gasteiger partial charge in [0.25, 0.3) is 0 Å². The monoisotopic (exact) mass is 368 g/mol. The summed E-state index contributed by atoms with van der Waals surface area (Å²) in [5.41, 5.74) is 2.47. The molecule has 1 saturated heterocycles. The first kappa shape index (κ1) is 17.6. The van der Waals surface area contributed by atoms with E-state index in [-0.39, 0.29) is 5.92 Å². The molecule has 1 heterocycles. The molecule has 0 aromatic heterocycles. The van der Waals surface area contributed by atoms with Crippen LogP contribution in [-0.4, -0.2) is 41.9 Å². The number of hydrogen-bond donors (Lipinski definition) is 0. The van der Waals surface area contributed by atoms with E-state index in [0.29, 0.717) is 11.8 Å². The van der Waals surface area contributed by atoms with Gasteiger partial charge < -0.3 is 4.90 Å². The molecule has 2 atom stereocenters. The van der Waals surface area contributed by atoms with Crippen molar-refractivity contribution in [3.05, 3.63) is 70.7 Å². The van der Waals surface area contributed by atoms with Gasteiger partial charge in [0.2, 0.25) is 5.91 Å². The molecular weight excluding hydrogens is 344 g/mol. The number of carbonyl (C=O) groups is 1. The first-order valence-electron chi connectivity index (χ1n) is 9.52. The minimum absolute atomic E-state index is 0.121. The highest BCUT2D eigenvalue weighted by molar-refractivity contribution is 6.31. The number of benzene rings is 2. The Balaban J connectivity index is 1.33. The molecule has 4 rings (SSSR count). The molecule has 4 heteroatoms. The third kappa shape index (κ3) is 3.94. The van der Waals surface area contributed by atoms with Crippen molar-refractivity contribution in [1.82, 2.24) is 9.80 Å². The highest BCUT2D eigenvalue weighted by Crippen LogP contribution is 2.50. The van der Waals surface area contributed by atoms with Crippen molar-refractivity contribution in [1.29, 1.82) is 0 Å². The molecular formula is C22H25ClN2O. The molecule has 26 heavy (non-hydrogen) atoms. The molecule has 0 radical (unpaired) electrons. The molecule has 1 amide bonds. The Morgan fingerprint density at radius 2 is 1.73 bits per heavy atom. The smallest absolute Gasteiger partial charge is 0.226 e. The lowest BCUT2D eigenvalue weighted by atomic mass is 10.1. The van der Waals surface area contributed by atoms with Crippen LogP contribution in [0.2, 0.25) is 5.02 Å². The summed E-state index contributed by atoms with van der Waals surface area (Å²) in [5.74, 6) is 0.743. The molecule has 2 unspecified atom stereocenters. The fourth-order valence-electron chi connectivity index (χ4n) is 4.01. The van der Waals surface area contributed by atoms with Crippen LogP contribution in [0, 0.1) is 5.92 Å². The van der Waals surface area contributed by atoms with Gasteiger partial charge in [-0.2, -0.15) is 0 Å². The molecule has 2 aliphatic rings. The largest absolute Gasteiger partial charge is 0.341 e. The quantitative estimate of drug-likeness (QED) is 0.808. The van der Waals surface area contributed by atoms with Gasteiger partial charge in [-0.25, -0.2) is 0 Å². The van der Waals surface area contributed by atoms with E-state index in [1.165, 1.54) is 5.56 Å². The van der Waals surface area contributed by atoms with Crippen LogP contribution in [-0.2, 0) is 11.3 Å². The highest BCUT2D eigenvalue weighted by atomic mass is 35.5. The van der Waals surface area contributed by atoms with Crippen LogP contribution in [0.25, 0.3) is 0 Å². The number of halogens is 1. The van der Waals surface area contributed by atoms with Gasteiger partial charge in [-0.1, -0.05) is 60.1 Å². The lowest BCUT2D eigenvalue weighted by molar-refractivity contribution is -0.132. The first-order valence-corrected chi connectivity index (χ1v) is 9.89. The topological polar surface area (TPSA) is 23.6 Å². The summed E-state index contributed by atoms with van der Waals surface area (Å²) >= 11 is 6.31. The van der Waals surface area contributed by atoms with Gasteiger partial charge in [0, 0.05) is 43.7 Å². The minimum atomic E-state index is 0.121. The number of carbonyl (C=O) groups excluding carboxylic acids is 1. The van der Waals surface area contributed by atoms with Gasteiger partial charge in [-0.05, 0) is 36.0 Å². The van der Waals surface area contributed by atoms with Crippen molar-refractivity contribution >= 4 is 17.5 Å². The summed E-state index contributed by atoms with van der Waals surface area (Å²) in [6, 6.07) is 18.5. The van der Waals surface area contributed by atoms with Crippen LogP contribution in [0.1, 0.15) is 29.9 Å². The second-order valence-corrected chi connectivity index (χ2v) is 7.82. The summed E-state index contributed by atoms with van der Waals surface area (Å²) < 4.78 is 0. The molecule has 1 saturated carbocycles. The third-order valence-electron chi connectivity index (χ3n) is 5.56. The van der Waals surface area contributed by atoms with Crippen molar-refractivity contribution in [2.24, 2.45) is 5.92 Å². The molecule has 1 aliphatic heterocycles. The Morgan fingerprint density at radius 1 is 0.962 bits per heavy atom. The molecule has 2 aromatic rings. The second kappa shape index (κ2) is 7.81. The summed E-state index contributed by atoms with van der Waals surface area (Å²) in [6.45, 7) is 4.67. The van der Waals surface area contributed by atoms with E-state index in [1.807, 2.05) is 18.2 Å². The van der Waals surface area contributed by atoms with E-state index in [4.69, 9.17) is 11.6 Å². The van der Waals surface area contributed by atoms with Gasteiger partial charge >= 0.3 is 0 Å². The molecule has 3 nitrogen and oxygen atoms in total. The van der Waals surface area contributed by atoms with Crippen molar-refractivity contribution in [3.63, 3.8) is 0 Å². The molecule has 0 bridgehead atoms. The average molecular weight is 369 g/mol. The SMILES string of the molecule is O=C(C1CC1c1ccccc1Cl)N1CCCN(Cc2ccccc2)CC1. The standard InChI is InChI=1S/C22H25ClN2O/c23-21-10-5-4-9-18(21)19-15-20(19)22(26)25-12-6-11-24(13-14-25)16-17-7-2-1-3-8-17/h1-5,7-10,19-20H,6,11-16H2. The lowest BCUT2D eigenvalue weighted by Crippen LogP contribution is -2.36. The maximum Gasteiger partial charge on any atom is 0.226 e. The van der Waals surface area contributed by atoms with Gasteiger partial charge in [-0.15, -0.1) is 0 Å². The number of nitrogens with zero attached hydrogens (tertiary/aromatic N) is 2. The summed E-state index contributed by atoms with van der Waals surface area (Å²) in [4.78, 5) is 17.5. The van der Waals surface area contributed by atoms with E-state index < -0.39 is 0 Å². The van der Waals surface area contributed by atoms with Crippen LogP contribution in [0.4, 0.5) is 0 Å². The summed E-state index contributed by atoms with van der Waals surface area (Å²) in [5, 5.41) is 0.790. The maximum absolute atomic E-state index is 12.9. The van der Waals surface area contributed by atoms with Gasteiger partial charge in [-0.3, -0.25) is 9.69 Å². The van der Waals surface area contributed by atoms with E-state index in [9.17, 15) is 4.79 Å². The Labute approximate surface area is 160 Å². The van der Waals surface area contributed by atoms with Gasteiger partial charge in [0.05, 0.1) is 0 Å². The lowest BCUT2D eigenvalue weighted by Gasteiger charge is -2.22. The third-order valence-corrected chi connectivity index (χ3v) is 5.91. The fourth-order valence-corrected chi connectivity index (χ4v) is 4.29.